The summed E-state index contributed by atoms with van der Waals surface area (Å²) < 4.78 is 6.50. The molecule has 0 bridgehead atoms. The van der Waals surface area contributed by atoms with Gasteiger partial charge in [0.25, 0.3) is 0 Å². The summed E-state index contributed by atoms with van der Waals surface area (Å²) >= 11 is 2.33. The Morgan fingerprint density at radius 1 is 1.38 bits per heavy atom. The van der Waals surface area contributed by atoms with Gasteiger partial charge in [0, 0.05) is 26.2 Å². The van der Waals surface area contributed by atoms with Crippen molar-refractivity contribution in [2.75, 3.05) is 7.11 Å². The second kappa shape index (κ2) is 3.21. The van der Waals surface area contributed by atoms with Crippen molar-refractivity contribution in [2.45, 2.75) is 6.92 Å². The molecule has 3 heteroatoms. The fourth-order valence-corrected chi connectivity index (χ4v) is 2.41. The highest BCUT2D eigenvalue weighted by molar-refractivity contribution is 14.1. The zero-order valence-corrected chi connectivity index (χ0v) is 9.68. The van der Waals surface area contributed by atoms with E-state index in [4.69, 9.17) is 4.74 Å². The zero-order chi connectivity index (χ0) is 9.42. The van der Waals surface area contributed by atoms with Gasteiger partial charge in [-0.25, -0.2) is 0 Å². The first-order chi connectivity index (χ1) is 6.24. The number of benzene rings is 1. The fraction of sp³-hybridized carbons (Fsp3) is 0.200. The van der Waals surface area contributed by atoms with E-state index in [1.165, 1.54) is 20.0 Å². The van der Waals surface area contributed by atoms with Gasteiger partial charge in [-0.3, -0.25) is 0 Å². The molecule has 1 aromatic heterocycles. The van der Waals surface area contributed by atoms with Crippen molar-refractivity contribution in [1.82, 2.24) is 4.98 Å². The first-order valence-corrected chi connectivity index (χ1v) is 5.12. The molecule has 2 nitrogen and oxygen atoms in total. The number of ether oxygens (including phenoxy) is 1. The number of H-pyrrole nitrogens is 1. The first kappa shape index (κ1) is 8.87. The first-order valence-electron chi connectivity index (χ1n) is 4.04. The molecule has 0 saturated heterocycles. The highest BCUT2D eigenvalue weighted by atomic mass is 127. The zero-order valence-electron chi connectivity index (χ0n) is 7.52. The summed E-state index contributed by atoms with van der Waals surface area (Å²) in [5.41, 5.74) is 2.37. The van der Waals surface area contributed by atoms with Gasteiger partial charge in [-0.05, 0) is 41.6 Å². The summed E-state index contributed by atoms with van der Waals surface area (Å²) in [6.45, 7) is 2.08. The summed E-state index contributed by atoms with van der Waals surface area (Å²) in [5, 5.41) is 1.26. The number of aromatic nitrogens is 1. The Bertz CT molecular complexity index is 447. The number of halogens is 1. The Balaban J connectivity index is 2.83. The molecule has 2 rings (SSSR count). The molecule has 0 aliphatic rings. The molecule has 0 saturated carbocycles. The summed E-state index contributed by atoms with van der Waals surface area (Å²) in [5.74, 6) is 0.949. The lowest BCUT2D eigenvalue weighted by Crippen LogP contribution is -1.87. The summed E-state index contributed by atoms with van der Waals surface area (Å²) in [4.78, 5) is 3.22. The van der Waals surface area contributed by atoms with Gasteiger partial charge in [-0.1, -0.05) is 0 Å². The minimum atomic E-state index is 0.949. The highest BCUT2D eigenvalue weighted by Gasteiger charge is 2.07. The lowest BCUT2D eigenvalue weighted by Gasteiger charge is -2.05. The topological polar surface area (TPSA) is 25.0 Å². The molecular formula is C10H10INO. The quantitative estimate of drug-likeness (QED) is 0.801. The van der Waals surface area contributed by atoms with Crippen LogP contribution in [0.15, 0.2) is 18.3 Å². The van der Waals surface area contributed by atoms with E-state index in [0.717, 1.165) is 5.75 Å². The van der Waals surface area contributed by atoms with Crippen molar-refractivity contribution in [1.29, 1.82) is 0 Å². The summed E-state index contributed by atoms with van der Waals surface area (Å²) in [6, 6.07) is 4.04. The van der Waals surface area contributed by atoms with Gasteiger partial charge in [-0.15, -0.1) is 0 Å². The average Bonchev–Trinajstić information content (AvgIpc) is 2.49. The number of fused-ring (bicyclic) bond motifs is 1. The lowest BCUT2D eigenvalue weighted by atomic mass is 10.1. The van der Waals surface area contributed by atoms with Gasteiger partial charge in [0.1, 0.15) is 5.75 Å². The number of rotatable bonds is 1. The van der Waals surface area contributed by atoms with Crippen LogP contribution in [0.25, 0.3) is 10.9 Å². The maximum absolute atomic E-state index is 5.26. The van der Waals surface area contributed by atoms with Crippen LogP contribution < -0.4 is 4.74 Å². The van der Waals surface area contributed by atoms with E-state index >= 15 is 0 Å². The van der Waals surface area contributed by atoms with Gasteiger partial charge in [-0.2, -0.15) is 0 Å². The van der Waals surface area contributed by atoms with Gasteiger partial charge in [0.2, 0.25) is 0 Å². The Kier molecular flexibility index (Phi) is 2.19. The van der Waals surface area contributed by atoms with Crippen molar-refractivity contribution in [2.24, 2.45) is 0 Å². The molecule has 68 valence electrons. The highest BCUT2D eigenvalue weighted by Crippen LogP contribution is 2.29. The van der Waals surface area contributed by atoms with E-state index in [2.05, 4.69) is 34.5 Å². The number of methoxy groups -OCH3 is 1. The minimum absolute atomic E-state index is 0.949. The van der Waals surface area contributed by atoms with E-state index < -0.39 is 0 Å². The molecule has 2 aromatic rings. The molecule has 1 heterocycles. The van der Waals surface area contributed by atoms with Crippen LogP contribution in [-0.4, -0.2) is 12.1 Å². The van der Waals surface area contributed by atoms with Gasteiger partial charge < -0.3 is 9.72 Å². The molecule has 1 aromatic carbocycles. The van der Waals surface area contributed by atoms with E-state index in [-0.39, 0.29) is 0 Å². The monoisotopic (exact) mass is 287 g/mol. The smallest absolute Gasteiger partial charge is 0.122 e. The predicted octanol–water partition coefficient (Wildman–Crippen LogP) is 3.09. The van der Waals surface area contributed by atoms with Crippen molar-refractivity contribution >= 4 is 33.5 Å². The fourth-order valence-electron chi connectivity index (χ4n) is 1.56. The van der Waals surface area contributed by atoms with Crippen LogP contribution in [0.4, 0.5) is 0 Å². The molecule has 0 atom stereocenters. The molecule has 0 radical (unpaired) electrons. The molecule has 0 spiro atoms. The second-order valence-corrected chi connectivity index (χ2v) is 4.11. The molecule has 0 amide bonds. The number of hydrogen-bond acceptors (Lipinski definition) is 1. The number of nitrogens with one attached hydrogen (secondary N) is 1. The Labute approximate surface area is 90.4 Å². The predicted molar refractivity (Wildman–Crippen MR) is 62.3 cm³/mol. The van der Waals surface area contributed by atoms with Crippen LogP contribution >= 0.6 is 22.6 Å². The Hall–Kier alpha value is -0.710. The van der Waals surface area contributed by atoms with Crippen LogP contribution in [-0.2, 0) is 0 Å². The summed E-state index contributed by atoms with van der Waals surface area (Å²) in [6.07, 6.45) is 2.01. The van der Waals surface area contributed by atoms with Crippen LogP contribution in [0.1, 0.15) is 5.56 Å². The van der Waals surface area contributed by atoms with Gasteiger partial charge in [0.15, 0.2) is 0 Å². The Morgan fingerprint density at radius 2 is 2.15 bits per heavy atom. The third-order valence-electron chi connectivity index (χ3n) is 2.23. The van der Waals surface area contributed by atoms with Crippen LogP contribution in [0.5, 0.6) is 5.75 Å². The lowest BCUT2D eigenvalue weighted by molar-refractivity contribution is 0.412. The van der Waals surface area contributed by atoms with E-state index in [0.29, 0.717) is 0 Å². The molecule has 13 heavy (non-hydrogen) atoms. The van der Waals surface area contributed by atoms with Crippen molar-refractivity contribution < 1.29 is 4.74 Å². The number of hydrogen-bond donors (Lipinski definition) is 1. The number of aryl methyl sites for hydroxylation is 1. The maximum atomic E-state index is 5.26. The third kappa shape index (κ3) is 1.31. The Morgan fingerprint density at radius 3 is 2.85 bits per heavy atom. The standard InChI is InChI=1S/C10H10INO/c1-6-9(13-2)4-3-8-10(6)7(11)5-12-8/h3-5,12H,1-2H3. The molecule has 0 fully saturated rings. The van der Waals surface area contributed by atoms with E-state index in [9.17, 15) is 0 Å². The average molecular weight is 287 g/mol. The van der Waals surface area contributed by atoms with Crippen molar-refractivity contribution in [3.05, 3.63) is 27.5 Å². The molecule has 0 unspecified atom stereocenters. The molecular weight excluding hydrogens is 277 g/mol. The molecule has 0 aliphatic heterocycles. The van der Waals surface area contributed by atoms with E-state index in [1.54, 1.807) is 7.11 Å². The second-order valence-electron chi connectivity index (χ2n) is 2.95. The van der Waals surface area contributed by atoms with Crippen LogP contribution in [0, 0.1) is 10.5 Å². The molecule has 1 N–H and O–H groups in total. The van der Waals surface area contributed by atoms with Crippen LogP contribution in [0.2, 0.25) is 0 Å². The number of aromatic amines is 1. The van der Waals surface area contributed by atoms with Crippen molar-refractivity contribution in [3.63, 3.8) is 0 Å². The minimum Gasteiger partial charge on any atom is -0.496 e. The van der Waals surface area contributed by atoms with E-state index in [1.807, 2.05) is 18.3 Å². The largest absolute Gasteiger partial charge is 0.496 e. The van der Waals surface area contributed by atoms with Crippen molar-refractivity contribution in [3.8, 4) is 5.75 Å². The SMILES string of the molecule is COc1ccc2[nH]cc(I)c2c1C. The third-order valence-corrected chi connectivity index (χ3v) is 3.08. The summed E-state index contributed by atoms with van der Waals surface area (Å²) in [7, 11) is 1.70. The van der Waals surface area contributed by atoms with Gasteiger partial charge in [0.05, 0.1) is 7.11 Å². The normalized spacial score (nSPS) is 10.7. The molecule has 0 aliphatic carbocycles. The van der Waals surface area contributed by atoms with Gasteiger partial charge >= 0.3 is 0 Å². The van der Waals surface area contributed by atoms with Crippen LogP contribution in [0.3, 0.4) is 0 Å². The maximum Gasteiger partial charge on any atom is 0.122 e.